The quantitative estimate of drug-likeness (QED) is 0.780. The van der Waals surface area contributed by atoms with Gasteiger partial charge in [0.25, 0.3) is 0 Å². The van der Waals surface area contributed by atoms with Gasteiger partial charge in [-0.1, -0.05) is 36.5 Å². The molecule has 4 heteroatoms. The van der Waals surface area contributed by atoms with Crippen molar-refractivity contribution in [2.75, 3.05) is 19.8 Å². The van der Waals surface area contributed by atoms with Gasteiger partial charge in [-0.15, -0.1) is 5.92 Å². The third-order valence-electron chi connectivity index (χ3n) is 3.56. The molecular formula is C21H30O4. The highest BCUT2D eigenvalue weighted by Crippen LogP contribution is 2.20. The molecule has 0 aromatic rings. The first-order chi connectivity index (χ1) is 12.4. The maximum atomic E-state index is 8.29. The zero-order valence-electron chi connectivity index (χ0n) is 15.3. The molecule has 0 spiro atoms. The van der Waals surface area contributed by atoms with Crippen LogP contribution >= 0.6 is 0 Å². The molecule has 2 aliphatic rings. The Kier molecular flexibility index (Phi) is 13.8. The highest BCUT2D eigenvalue weighted by molar-refractivity contribution is 5.15. The maximum Gasteiger partial charge on any atom is 0.160 e. The second-order valence-electron chi connectivity index (χ2n) is 5.65. The lowest BCUT2D eigenvalue weighted by atomic mass is 10.2. The second-order valence-corrected chi connectivity index (χ2v) is 5.65. The second kappa shape index (κ2) is 16.0. The van der Waals surface area contributed by atoms with Crippen molar-refractivity contribution < 1.29 is 19.3 Å². The predicted octanol–water partition coefficient (Wildman–Crippen LogP) is 3.24. The van der Waals surface area contributed by atoms with Crippen LogP contribution in [0.25, 0.3) is 0 Å². The molecule has 0 aromatic heterocycles. The van der Waals surface area contributed by atoms with Gasteiger partial charge in [-0.2, -0.15) is 0 Å². The molecule has 0 bridgehead atoms. The van der Waals surface area contributed by atoms with Gasteiger partial charge in [0.1, 0.15) is 6.61 Å². The van der Waals surface area contributed by atoms with Gasteiger partial charge in [0, 0.05) is 19.6 Å². The molecule has 2 atom stereocenters. The number of rotatable bonds is 2. The number of aliphatic hydroxyl groups excluding tert-OH is 1. The molecule has 2 saturated heterocycles. The van der Waals surface area contributed by atoms with E-state index in [4.69, 9.17) is 19.3 Å². The first-order valence-corrected chi connectivity index (χ1v) is 9.23. The van der Waals surface area contributed by atoms with Gasteiger partial charge >= 0.3 is 0 Å². The lowest BCUT2D eigenvalue weighted by Gasteiger charge is -2.29. The Bertz CT molecular complexity index is 453. The SMILES string of the molecule is C1CCC(OC2CCCCO2)OC1.CCC#CCC#CCC#CCO. The van der Waals surface area contributed by atoms with Gasteiger partial charge in [0.2, 0.25) is 0 Å². The summed E-state index contributed by atoms with van der Waals surface area (Å²) in [6.07, 6.45) is 8.86. The Morgan fingerprint density at radius 3 is 1.76 bits per heavy atom. The van der Waals surface area contributed by atoms with Gasteiger partial charge in [-0.3, -0.25) is 0 Å². The third-order valence-corrected chi connectivity index (χ3v) is 3.56. The molecule has 2 rings (SSSR count). The molecule has 138 valence electrons. The van der Waals surface area contributed by atoms with E-state index in [1.807, 2.05) is 6.92 Å². The number of hydrogen-bond acceptors (Lipinski definition) is 4. The van der Waals surface area contributed by atoms with Crippen molar-refractivity contribution in [3.8, 4) is 35.5 Å². The molecule has 0 saturated carbocycles. The predicted molar refractivity (Wildman–Crippen MR) is 98.2 cm³/mol. The van der Waals surface area contributed by atoms with Crippen molar-refractivity contribution >= 4 is 0 Å². The summed E-state index contributed by atoms with van der Waals surface area (Å²) < 4.78 is 16.6. The summed E-state index contributed by atoms with van der Waals surface area (Å²) >= 11 is 0. The van der Waals surface area contributed by atoms with Gasteiger partial charge in [-0.05, 0) is 38.5 Å². The third kappa shape index (κ3) is 12.5. The minimum absolute atomic E-state index is 0.00292. The summed E-state index contributed by atoms with van der Waals surface area (Å²) in [6.45, 7) is 3.61. The minimum atomic E-state index is -0.0860. The molecule has 0 amide bonds. The molecule has 4 nitrogen and oxygen atoms in total. The summed E-state index contributed by atoms with van der Waals surface area (Å²) in [6, 6.07) is 0. The molecule has 2 aliphatic heterocycles. The number of aliphatic hydroxyl groups is 1. The Balaban J connectivity index is 0.000000252. The Hall–Kier alpha value is -1.48. The molecule has 2 heterocycles. The van der Waals surface area contributed by atoms with Crippen molar-refractivity contribution in [2.45, 2.75) is 77.3 Å². The van der Waals surface area contributed by atoms with Crippen molar-refractivity contribution in [1.29, 1.82) is 0 Å². The summed E-state index contributed by atoms with van der Waals surface area (Å²) in [5.41, 5.74) is 0. The van der Waals surface area contributed by atoms with Crippen LogP contribution in [-0.2, 0) is 14.2 Å². The Labute approximate surface area is 152 Å². The Morgan fingerprint density at radius 1 is 0.800 bits per heavy atom. The molecule has 2 fully saturated rings. The minimum Gasteiger partial charge on any atom is -0.384 e. The van der Waals surface area contributed by atoms with Gasteiger partial charge in [0.15, 0.2) is 12.6 Å². The molecule has 0 radical (unpaired) electrons. The maximum absolute atomic E-state index is 8.29. The Morgan fingerprint density at radius 2 is 1.32 bits per heavy atom. The standard InChI is InChI=1S/C11H12O.C10H18O3/c1-2-3-4-5-6-7-8-9-10-11-12;1-3-7-11-9(5-1)13-10-6-2-4-8-12-10/h12H,2,5,8,11H2,1H3;9-10H,1-8H2. The van der Waals surface area contributed by atoms with E-state index >= 15 is 0 Å². The van der Waals surface area contributed by atoms with E-state index in [0.717, 1.165) is 32.5 Å². The smallest absolute Gasteiger partial charge is 0.160 e. The van der Waals surface area contributed by atoms with Crippen LogP contribution in [0, 0.1) is 35.5 Å². The highest BCUT2D eigenvalue weighted by Gasteiger charge is 2.21. The van der Waals surface area contributed by atoms with Crippen LogP contribution in [0.4, 0.5) is 0 Å². The molecule has 25 heavy (non-hydrogen) atoms. The van der Waals surface area contributed by atoms with E-state index < -0.39 is 0 Å². The average molecular weight is 346 g/mol. The molecule has 0 aliphatic carbocycles. The van der Waals surface area contributed by atoms with E-state index in [0.29, 0.717) is 12.8 Å². The zero-order chi connectivity index (χ0) is 18.0. The fourth-order valence-electron chi connectivity index (χ4n) is 2.33. The van der Waals surface area contributed by atoms with Crippen molar-refractivity contribution in [3.05, 3.63) is 0 Å². The fourth-order valence-corrected chi connectivity index (χ4v) is 2.33. The summed E-state index contributed by atoms with van der Waals surface area (Å²) in [7, 11) is 0. The van der Waals surface area contributed by atoms with E-state index in [1.54, 1.807) is 0 Å². The van der Waals surface area contributed by atoms with Crippen molar-refractivity contribution in [1.82, 2.24) is 0 Å². The summed E-state index contributed by atoms with van der Waals surface area (Å²) in [5, 5.41) is 8.29. The average Bonchev–Trinajstić information content (AvgIpc) is 2.66. The van der Waals surface area contributed by atoms with Crippen molar-refractivity contribution in [3.63, 3.8) is 0 Å². The largest absolute Gasteiger partial charge is 0.384 e. The lowest BCUT2D eigenvalue weighted by molar-refractivity contribution is -0.264. The zero-order valence-corrected chi connectivity index (χ0v) is 15.3. The first kappa shape index (κ1) is 21.6. The molecule has 1 N–H and O–H groups in total. The van der Waals surface area contributed by atoms with Gasteiger partial charge in [-0.25, -0.2) is 0 Å². The normalized spacial score (nSPS) is 21.8. The lowest BCUT2D eigenvalue weighted by Crippen LogP contribution is -2.31. The van der Waals surface area contributed by atoms with Crippen LogP contribution in [0.3, 0.4) is 0 Å². The van der Waals surface area contributed by atoms with Crippen LogP contribution in [-0.4, -0.2) is 37.5 Å². The summed E-state index contributed by atoms with van der Waals surface area (Å²) in [4.78, 5) is 0. The van der Waals surface area contributed by atoms with Crippen LogP contribution in [0.15, 0.2) is 0 Å². The van der Waals surface area contributed by atoms with E-state index in [-0.39, 0.29) is 19.2 Å². The summed E-state index contributed by atoms with van der Waals surface area (Å²) in [5.74, 6) is 16.8. The topological polar surface area (TPSA) is 47.9 Å². The first-order valence-electron chi connectivity index (χ1n) is 9.23. The molecular weight excluding hydrogens is 316 g/mol. The molecule has 2 unspecified atom stereocenters. The fraction of sp³-hybridized carbons (Fsp3) is 0.714. The van der Waals surface area contributed by atoms with Crippen LogP contribution in [0.1, 0.15) is 64.7 Å². The van der Waals surface area contributed by atoms with Crippen molar-refractivity contribution in [2.24, 2.45) is 0 Å². The monoisotopic (exact) mass is 346 g/mol. The van der Waals surface area contributed by atoms with Crippen LogP contribution < -0.4 is 0 Å². The molecule has 0 aromatic carbocycles. The number of hydrogen-bond donors (Lipinski definition) is 1. The highest BCUT2D eigenvalue weighted by atomic mass is 16.8. The van der Waals surface area contributed by atoms with E-state index in [9.17, 15) is 0 Å². The van der Waals surface area contributed by atoms with Crippen LogP contribution in [0.5, 0.6) is 0 Å². The van der Waals surface area contributed by atoms with Gasteiger partial charge < -0.3 is 19.3 Å². The van der Waals surface area contributed by atoms with E-state index in [2.05, 4.69) is 35.5 Å². The number of ether oxygens (including phenoxy) is 3. The van der Waals surface area contributed by atoms with Gasteiger partial charge in [0.05, 0.1) is 12.8 Å². The van der Waals surface area contributed by atoms with Crippen LogP contribution in [0.2, 0.25) is 0 Å². The van der Waals surface area contributed by atoms with E-state index in [1.165, 1.54) is 25.7 Å².